The minimum atomic E-state index is -4.11. The number of sulfonamides is 1. The molecule has 0 aromatic heterocycles. The molecule has 1 saturated heterocycles. The first kappa shape index (κ1) is 21.6. The van der Waals surface area contributed by atoms with Gasteiger partial charge in [-0.2, -0.15) is 0 Å². The molecule has 0 spiro atoms. The third-order valence-corrected chi connectivity index (χ3v) is 7.18. The van der Waals surface area contributed by atoms with Crippen LogP contribution in [0.1, 0.15) is 44.7 Å². The summed E-state index contributed by atoms with van der Waals surface area (Å²) in [6.45, 7) is 2.95. The van der Waals surface area contributed by atoms with Crippen molar-refractivity contribution in [2.24, 2.45) is 0 Å². The predicted octanol–water partition coefficient (Wildman–Crippen LogP) is 1.64. The fourth-order valence-electron chi connectivity index (χ4n) is 3.80. The van der Waals surface area contributed by atoms with Gasteiger partial charge in [0.05, 0.1) is 16.0 Å². The quantitative estimate of drug-likeness (QED) is 0.669. The van der Waals surface area contributed by atoms with Gasteiger partial charge in [0.15, 0.2) is 0 Å². The molecular weight excluding hydrogens is 441 g/mol. The zero-order valence-electron chi connectivity index (χ0n) is 17.1. The summed E-state index contributed by atoms with van der Waals surface area (Å²) >= 11 is 0. The van der Waals surface area contributed by atoms with Gasteiger partial charge in [-0.15, -0.1) is 0 Å². The molecule has 32 heavy (non-hydrogen) atoms. The maximum Gasteiger partial charge on any atom is 0.262 e. The van der Waals surface area contributed by atoms with Crippen LogP contribution in [0.25, 0.3) is 0 Å². The molecule has 1 fully saturated rings. The molecule has 11 heteroatoms. The van der Waals surface area contributed by atoms with Crippen LogP contribution in [0.2, 0.25) is 0 Å². The lowest BCUT2D eigenvalue weighted by Crippen LogP contribution is -2.54. The lowest BCUT2D eigenvalue weighted by molar-refractivity contribution is -0.136. The molecule has 2 aliphatic rings. The van der Waals surface area contributed by atoms with Crippen molar-refractivity contribution < 1.29 is 32.0 Å². The van der Waals surface area contributed by atoms with Crippen LogP contribution in [-0.2, 0) is 19.6 Å². The van der Waals surface area contributed by atoms with Crippen LogP contribution in [0, 0.1) is 19.7 Å². The zero-order chi connectivity index (χ0) is 23.4. The van der Waals surface area contributed by atoms with Crippen LogP contribution in [0.4, 0.5) is 10.1 Å². The van der Waals surface area contributed by atoms with E-state index in [1.54, 1.807) is 0 Å². The Hall–Kier alpha value is -3.60. The Bertz CT molecular complexity index is 1320. The fraction of sp³-hybridized carbons (Fsp3) is 0.238. The Morgan fingerprint density at radius 1 is 1.00 bits per heavy atom. The van der Waals surface area contributed by atoms with Crippen LogP contribution >= 0.6 is 0 Å². The minimum Gasteiger partial charge on any atom is -0.295 e. The van der Waals surface area contributed by atoms with E-state index >= 15 is 0 Å². The number of nitrogens with zero attached hydrogens (tertiary/aromatic N) is 1. The first-order chi connectivity index (χ1) is 15.0. The van der Waals surface area contributed by atoms with E-state index in [1.807, 2.05) is 0 Å². The Morgan fingerprint density at radius 3 is 2.38 bits per heavy atom. The van der Waals surface area contributed by atoms with Crippen molar-refractivity contribution in [1.82, 2.24) is 10.2 Å². The van der Waals surface area contributed by atoms with E-state index in [1.165, 1.54) is 32.0 Å². The van der Waals surface area contributed by atoms with Gasteiger partial charge >= 0.3 is 0 Å². The third-order valence-electron chi connectivity index (χ3n) is 5.65. The second-order valence-corrected chi connectivity index (χ2v) is 9.26. The molecular formula is C21H18FN3O6S. The number of halogens is 1. The highest BCUT2D eigenvalue weighted by Gasteiger charge is 2.44. The van der Waals surface area contributed by atoms with Crippen LogP contribution < -0.4 is 10.0 Å². The Kier molecular flexibility index (Phi) is 5.08. The van der Waals surface area contributed by atoms with Crippen molar-refractivity contribution in [1.29, 1.82) is 0 Å². The lowest BCUT2D eigenvalue weighted by atomic mass is 10.0. The Balaban J connectivity index is 1.64. The Labute approximate surface area is 182 Å². The van der Waals surface area contributed by atoms with E-state index in [2.05, 4.69) is 10.0 Å². The van der Waals surface area contributed by atoms with Crippen molar-refractivity contribution >= 4 is 39.3 Å². The van der Waals surface area contributed by atoms with Gasteiger partial charge in [-0.1, -0.05) is 0 Å². The molecule has 2 N–H and O–H groups in total. The maximum atomic E-state index is 13.7. The summed E-state index contributed by atoms with van der Waals surface area (Å²) in [6.07, 6.45) is 0.00408. The van der Waals surface area contributed by atoms with Crippen molar-refractivity contribution in [3.63, 3.8) is 0 Å². The molecule has 0 saturated carbocycles. The molecule has 9 nitrogen and oxygen atoms in total. The van der Waals surface area contributed by atoms with Crippen LogP contribution in [-0.4, -0.2) is 43.0 Å². The van der Waals surface area contributed by atoms with Gasteiger partial charge in [0, 0.05) is 12.1 Å². The standard InChI is InChI=1S/C21H18FN3O6S/c1-10-11(2)17(7-5-15(10)22)32(30,31)24-12-3-4-13-14(9-12)21(29)25(20(13)28)16-6-8-18(26)23-19(16)27/h3-5,7,9,16,24H,6,8H2,1-2H3,(H,23,26,27). The van der Waals surface area contributed by atoms with E-state index in [4.69, 9.17) is 0 Å². The summed E-state index contributed by atoms with van der Waals surface area (Å²) in [4.78, 5) is 49.8. The average Bonchev–Trinajstić information content (AvgIpc) is 2.96. The topological polar surface area (TPSA) is 130 Å². The van der Waals surface area contributed by atoms with Gasteiger partial charge in [0.25, 0.3) is 21.8 Å². The highest BCUT2D eigenvalue weighted by molar-refractivity contribution is 7.92. The number of nitrogens with one attached hydrogen (secondary N) is 2. The number of carbonyl (C=O) groups excluding carboxylic acids is 4. The SMILES string of the molecule is Cc1c(F)ccc(S(=O)(=O)Nc2ccc3c(c2)C(=O)N(C2CCC(=O)NC2=O)C3=O)c1C. The lowest BCUT2D eigenvalue weighted by Gasteiger charge is -2.27. The zero-order valence-corrected chi connectivity index (χ0v) is 17.9. The van der Waals surface area contributed by atoms with Crippen LogP contribution in [0.3, 0.4) is 0 Å². The average molecular weight is 459 g/mol. The summed E-state index contributed by atoms with van der Waals surface area (Å²) < 4.78 is 41.7. The molecule has 1 unspecified atom stereocenters. The van der Waals surface area contributed by atoms with Gasteiger partial charge in [0.2, 0.25) is 11.8 Å². The smallest absolute Gasteiger partial charge is 0.262 e. The van der Waals surface area contributed by atoms with Crippen LogP contribution in [0.5, 0.6) is 0 Å². The highest BCUT2D eigenvalue weighted by Crippen LogP contribution is 2.31. The first-order valence-electron chi connectivity index (χ1n) is 9.65. The van der Waals surface area contributed by atoms with Crippen molar-refractivity contribution in [2.75, 3.05) is 4.72 Å². The summed E-state index contributed by atoms with van der Waals surface area (Å²) in [5, 5.41) is 2.11. The van der Waals surface area contributed by atoms with E-state index in [0.717, 1.165) is 17.0 Å². The minimum absolute atomic E-state index is 0.00863. The fourth-order valence-corrected chi connectivity index (χ4v) is 5.15. The van der Waals surface area contributed by atoms with Crippen molar-refractivity contribution in [2.45, 2.75) is 37.6 Å². The number of benzene rings is 2. The highest BCUT2D eigenvalue weighted by atomic mass is 32.2. The molecule has 2 aromatic carbocycles. The van der Waals surface area contributed by atoms with E-state index in [0.29, 0.717) is 0 Å². The van der Waals surface area contributed by atoms with Gasteiger partial charge < -0.3 is 0 Å². The summed E-state index contributed by atoms with van der Waals surface area (Å²) in [5.41, 5.74) is 0.427. The molecule has 0 bridgehead atoms. The molecule has 2 heterocycles. The van der Waals surface area contributed by atoms with Gasteiger partial charge in [0.1, 0.15) is 11.9 Å². The largest absolute Gasteiger partial charge is 0.295 e. The second kappa shape index (κ2) is 7.52. The number of amides is 4. The number of fused-ring (bicyclic) bond motifs is 1. The van der Waals surface area contributed by atoms with E-state index < -0.39 is 45.5 Å². The first-order valence-corrected chi connectivity index (χ1v) is 11.1. The van der Waals surface area contributed by atoms with Gasteiger partial charge in [-0.3, -0.25) is 34.1 Å². The molecule has 0 aliphatic carbocycles. The summed E-state index contributed by atoms with van der Waals surface area (Å²) in [6, 6.07) is 4.91. The second-order valence-electron chi connectivity index (χ2n) is 7.61. The number of piperidine rings is 1. The normalized spacial score (nSPS) is 18.6. The molecule has 1 atom stereocenters. The van der Waals surface area contributed by atoms with Gasteiger partial charge in [-0.05, 0) is 61.7 Å². The van der Waals surface area contributed by atoms with Crippen LogP contribution in [0.15, 0.2) is 35.2 Å². The molecule has 2 aromatic rings. The Morgan fingerprint density at radius 2 is 1.69 bits per heavy atom. The van der Waals surface area contributed by atoms with E-state index in [9.17, 15) is 32.0 Å². The molecule has 4 amide bonds. The van der Waals surface area contributed by atoms with Crippen molar-refractivity contribution in [3.8, 4) is 0 Å². The summed E-state index contributed by atoms with van der Waals surface area (Å²) in [5.74, 6) is -3.20. The van der Waals surface area contributed by atoms with E-state index in [-0.39, 0.29) is 45.7 Å². The molecule has 4 rings (SSSR count). The number of hydrogen-bond acceptors (Lipinski definition) is 6. The number of hydrogen-bond donors (Lipinski definition) is 2. The maximum absolute atomic E-state index is 13.7. The predicted molar refractivity (Wildman–Crippen MR) is 110 cm³/mol. The molecule has 0 radical (unpaired) electrons. The number of carbonyl (C=O) groups is 4. The van der Waals surface area contributed by atoms with Crippen molar-refractivity contribution in [3.05, 3.63) is 58.4 Å². The number of rotatable bonds is 4. The monoisotopic (exact) mass is 459 g/mol. The molecule has 2 aliphatic heterocycles. The van der Waals surface area contributed by atoms with Gasteiger partial charge in [-0.25, -0.2) is 12.8 Å². The molecule has 166 valence electrons. The third kappa shape index (κ3) is 3.44. The number of anilines is 1. The summed E-state index contributed by atoms with van der Waals surface area (Å²) in [7, 11) is -4.11. The number of imide groups is 2.